The SMILES string of the molecule is C1CCOC1.CC1(C)OB(c2cccc3oc4cc5ncccc5cc4c23)OC1(C)C.Clc1cccc(-c2nc(-c3ccccc3)nc(-c3cccc4oc5ccccc5c34)n2)c1.P.c1ccc(-c2nc(-c3cccc(-c4cccc5oc6cc7ncccc7cc6c45)c3)nc(-c3cccc4oc5ccccc5c34)n2)cc1. The maximum absolute atomic E-state index is 6.35. The predicted molar refractivity (Wildman–Crippen MR) is 456 cm³/mol. The molecule has 544 valence electrons. The van der Waals surface area contributed by atoms with E-state index in [0.717, 1.165) is 173 Å². The number of benzene rings is 12. The number of hydrogen-bond acceptors (Lipinski definition) is 15. The Bertz CT molecular complexity index is 6940. The van der Waals surface area contributed by atoms with E-state index in [2.05, 4.69) is 117 Å². The largest absolute Gasteiger partial charge is 0.495 e. The van der Waals surface area contributed by atoms with Gasteiger partial charge < -0.3 is 31.7 Å². The molecule has 1 unspecified atom stereocenters. The molecule has 0 radical (unpaired) electrons. The lowest BCUT2D eigenvalue weighted by Crippen LogP contribution is -2.41. The fourth-order valence-corrected chi connectivity index (χ4v) is 15.0. The van der Waals surface area contributed by atoms with Crippen LogP contribution < -0.4 is 5.46 Å². The van der Waals surface area contributed by atoms with Gasteiger partial charge in [-0.2, -0.15) is 9.90 Å². The molecule has 2 saturated heterocycles. The molecule has 0 amide bonds. The molecule has 20 aromatic rings. The third-order valence-corrected chi connectivity index (χ3v) is 21.2. The van der Waals surface area contributed by atoms with Crippen LogP contribution in [0.15, 0.2) is 309 Å². The molecule has 22 rings (SSSR count). The Morgan fingerprint density at radius 3 is 1.20 bits per heavy atom. The van der Waals surface area contributed by atoms with E-state index in [-0.39, 0.29) is 21.1 Å². The molecule has 112 heavy (non-hydrogen) atoms. The van der Waals surface area contributed by atoms with Crippen LogP contribution in [0.1, 0.15) is 40.5 Å². The first-order chi connectivity index (χ1) is 54.4. The van der Waals surface area contributed by atoms with Crippen molar-refractivity contribution >= 4 is 144 Å². The van der Waals surface area contributed by atoms with Gasteiger partial charge in [0.15, 0.2) is 34.9 Å². The fraction of sp³-hybridized carbons (Fsp3) is 0.106. The van der Waals surface area contributed by atoms with E-state index in [1.807, 2.05) is 200 Å². The van der Waals surface area contributed by atoms with Gasteiger partial charge in [0.05, 0.1) is 22.2 Å². The summed E-state index contributed by atoms with van der Waals surface area (Å²) in [5.74, 6) is 3.55. The Kier molecular flexibility index (Phi) is 18.8. The molecular weight excluding hydrogens is 1430 g/mol. The monoisotopic (exact) mass is 1500 g/mol. The fourth-order valence-electron chi connectivity index (χ4n) is 14.8. The van der Waals surface area contributed by atoms with Gasteiger partial charge in [-0.25, -0.2) is 29.9 Å². The first-order valence-corrected chi connectivity index (χ1v) is 37.4. The summed E-state index contributed by atoms with van der Waals surface area (Å²) in [6.45, 7) is 10.3. The molecule has 15 nitrogen and oxygen atoms in total. The molecule has 0 spiro atoms. The molecule has 0 bridgehead atoms. The molecule has 1 atom stereocenters. The number of halogens is 1. The van der Waals surface area contributed by atoms with Gasteiger partial charge in [0.2, 0.25) is 0 Å². The summed E-state index contributed by atoms with van der Waals surface area (Å²) in [5, 5.41) is 11.1. The minimum Gasteiger partial charge on any atom is -0.456 e. The highest BCUT2D eigenvalue weighted by Crippen LogP contribution is 2.44. The van der Waals surface area contributed by atoms with Gasteiger partial charge in [-0.05, 0) is 136 Å². The molecule has 0 N–H and O–H groups in total. The minimum absolute atomic E-state index is 0. The molecule has 18 heteroatoms. The summed E-state index contributed by atoms with van der Waals surface area (Å²) in [6.07, 6.45) is 6.16. The summed E-state index contributed by atoms with van der Waals surface area (Å²) in [7, 11) is -0.422. The Labute approximate surface area is 652 Å². The van der Waals surface area contributed by atoms with Crippen LogP contribution >= 0.6 is 21.5 Å². The summed E-state index contributed by atoms with van der Waals surface area (Å²) in [5.41, 5.74) is 16.1. The highest BCUT2D eigenvalue weighted by Gasteiger charge is 2.52. The van der Waals surface area contributed by atoms with E-state index < -0.39 is 7.12 Å². The average molecular weight is 1500 g/mol. The van der Waals surface area contributed by atoms with Gasteiger partial charge in [0.25, 0.3) is 0 Å². The molecule has 2 aliphatic rings. The minimum atomic E-state index is -0.422. The third-order valence-electron chi connectivity index (χ3n) is 20.9. The number of rotatable bonds is 8. The van der Waals surface area contributed by atoms with Crippen molar-refractivity contribution in [3.05, 3.63) is 296 Å². The van der Waals surface area contributed by atoms with Gasteiger partial charge in [0.1, 0.15) is 44.7 Å². The van der Waals surface area contributed by atoms with Crippen molar-refractivity contribution in [2.24, 2.45) is 0 Å². The Balaban J connectivity index is 0.000000119. The van der Waals surface area contributed by atoms with Crippen molar-refractivity contribution in [2.75, 3.05) is 13.2 Å². The van der Waals surface area contributed by atoms with E-state index in [1.165, 1.54) is 12.8 Å². The molecule has 2 aliphatic heterocycles. The van der Waals surface area contributed by atoms with Crippen LogP contribution in [0.25, 0.3) is 189 Å². The zero-order valence-electron chi connectivity index (χ0n) is 61.6. The zero-order valence-corrected chi connectivity index (χ0v) is 63.8. The lowest BCUT2D eigenvalue weighted by Gasteiger charge is -2.32. The average Bonchev–Trinajstić information content (AvgIpc) is 1.60. The second kappa shape index (κ2) is 29.6. The lowest BCUT2D eigenvalue weighted by atomic mass is 9.76. The molecule has 2 fully saturated rings. The van der Waals surface area contributed by atoms with E-state index in [4.69, 9.17) is 73.2 Å². The van der Waals surface area contributed by atoms with Gasteiger partial charge in [-0.3, -0.25) is 9.97 Å². The van der Waals surface area contributed by atoms with Crippen molar-refractivity contribution in [3.8, 4) is 79.5 Å². The molecular formula is C94H71BClN8O7P. The number of nitrogens with zero attached hydrogens (tertiary/aromatic N) is 8. The van der Waals surface area contributed by atoms with Crippen LogP contribution in [0.3, 0.4) is 0 Å². The van der Waals surface area contributed by atoms with Gasteiger partial charge in [0, 0.05) is 130 Å². The number of hydrogen-bond donors (Lipinski definition) is 0. The maximum atomic E-state index is 6.35. The number of furan rings is 4. The molecule has 10 heterocycles. The molecule has 0 saturated carbocycles. The van der Waals surface area contributed by atoms with Crippen LogP contribution in [-0.2, 0) is 14.0 Å². The summed E-state index contributed by atoms with van der Waals surface area (Å²) < 4.78 is 42.3. The summed E-state index contributed by atoms with van der Waals surface area (Å²) in [6, 6.07) is 92.6. The quantitative estimate of drug-likeness (QED) is 0.103. The number of fused-ring (bicyclic) bond motifs is 14. The Hall–Kier alpha value is -12.7. The van der Waals surface area contributed by atoms with E-state index in [9.17, 15) is 0 Å². The van der Waals surface area contributed by atoms with Crippen molar-refractivity contribution in [2.45, 2.75) is 51.7 Å². The van der Waals surface area contributed by atoms with E-state index in [0.29, 0.717) is 40.0 Å². The molecule has 12 aromatic carbocycles. The van der Waals surface area contributed by atoms with Crippen LogP contribution in [0.5, 0.6) is 0 Å². The normalized spacial score (nSPS) is 13.7. The van der Waals surface area contributed by atoms with Crippen LogP contribution in [0.2, 0.25) is 5.02 Å². The Morgan fingerprint density at radius 1 is 0.312 bits per heavy atom. The molecule has 0 aliphatic carbocycles. The van der Waals surface area contributed by atoms with E-state index >= 15 is 0 Å². The van der Waals surface area contributed by atoms with E-state index in [1.54, 1.807) is 12.4 Å². The summed E-state index contributed by atoms with van der Waals surface area (Å²) in [4.78, 5) is 38.6. The second-order valence-corrected chi connectivity index (χ2v) is 29.0. The topological polar surface area (TPSA) is 183 Å². The maximum Gasteiger partial charge on any atom is 0.495 e. The van der Waals surface area contributed by atoms with Crippen molar-refractivity contribution < 1.29 is 31.7 Å². The first-order valence-electron chi connectivity index (χ1n) is 37.0. The van der Waals surface area contributed by atoms with Gasteiger partial charge in [-0.15, -0.1) is 0 Å². The number of pyridine rings is 2. The zero-order chi connectivity index (χ0) is 74.7. The number of para-hydroxylation sites is 2. The third kappa shape index (κ3) is 13.4. The van der Waals surface area contributed by atoms with Gasteiger partial charge in [-0.1, -0.05) is 200 Å². The predicted octanol–water partition coefficient (Wildman–Crippen LogP) is 23.6. The van der Waals surface area contributed by atoms with Crippen LogP contribution in [-0.4, -0.2) is 71.4 Å². The highest BCUT2D eigenvalue weighted by molar-refractivity contribution is 6.92. The van der Waals surface area contributed by atoms with Crippen LogP contribution in [0.4, 0.5) is 0 Å². The smallest absolute Gasteiger partial charge is 0.456 e. The van der Waals surface area contributed by atoms with Crippen LogP contribution in [0, 0.1) is 0 Å². The first kappa shape index (κ1) is 71.0. The second-order valence-electron chi connectivity index (χ2n) is 28.6. The standard InChI is InChI=1S/C42H24N4O2.C27H16ClN3O.C21H20BNO3.C4H8O.H3P/c1-2-10-25(11-3-1)40-44-41(46-42(45-40)31-17-8-20-36-39(31)30-15-4-5-18-34(30)47-36)28-13-6-12-26(22-28)29-16-7-19-35-38(29)32-23-27-14-9-21-43-33(27)24-37(32)48-35;28-19-11-6-10-18(16-19)26-29-25(17-8-2-1-3-9-17)30-27(31-26)21-13-7-15-23-24(21)20-12-4-5-14-22(20)32-23;1-20(2)21(3,4)26-22(25-20)15-8-5-9-17-19(15)14-11-13-7-6-10-23-16(13)12-18(14)24-17;1-2-4-5-3-1;/h1-24H;1-16H;5-12H,1-4H3;1-4H2;1H3. The highest BCUT2D eigenvalue weighted by atomic mass is 35.5. The lowest BCUT2D eigenvalue weighted by molar-refractivity contribution is 0.00578. The molecule has 8 aromatic heterocycles. The summed E-state index contributed by atoms with van der Waals surface area (Å²) >= 11 is 6.25. The Morgan fingerprint density at radius 2 is 0.696 bits per heavy atom. The van der Waals surface area contributed by atoms with Crippen molar-refractivity contribution in [3.63, 3.8) is 0 Å². The number of ether oxygens (including phenoxy) is 1. The van der Waals surface area contributed by atoms with Gasteiger partial charge >= 0.3 is 7.12 Å². The van der Waals surface area contributed by atoms with Crippen molar-refractivity contribution in [1.29, 1.82) is 0 Å². The van der Waals surface area contributed by atoms with Crippen molar-refractivity contribution in [1.82, 2.24) is 39.9 Å². The number of aromatic nitrogens is 8.